The Labute approximate surface area is 176 Å². The SMILES string of the molecule is C[C@H](NC(=O)C[C@@H]1CC[C@H](NC(=O)Cc2ccccn2)[C@@H](CO)O1)c1ccccc1. The third-order valence-electron chi connectivity index (χ3n) is 5.30. The van der Waals surface area contributed by atoms with Crippen LogP contribution in [0.2, 0.25) is 0 Å². The molecule has 7 nitrogen and oxygen atoms in total. The highest BCUT2D eigenvalue weighted by molar-refractivity contribution is 5.78. The van der Waals surface area contributed by atoms with Crippen molar-refractivity contribution in [3.8, 4) is 0 Å². The lowest BCUT2D eigenvalue weighted by molar-refractivity contribution is -0.136. The summed E-state index contributed by atoms with van der Waals surface area (Å²) in [7, 11) is 0. The number of aliphatic hydroxyl groups is 1. The average molecular weight is 412 g/mol. The van der Waals surface area contributed by atoms with Gasteiger partial charge in [0.2, 0.25) is 11.8 Å². The zero-order valence-corrected chi connectivity index (χ0v) is 17.2. The molecule has 1 fully saturated rings. The molecule has 0 radical (unpaired) electrons. The van der Waals surface area contributed by atoms with Crippen molar-refractivity contribution in [2.24, 2.45) is 0 Å². The first-order chi connectivity index (χ1) is 14.5. The minimum atomic E-state index is -0.532. The second kappa shape index (κ2) is 10.8. The summed E-state index contributed by atoms with van der Waals surface area (Å²) < 4.78 is 5.92. The zero-order chi connectivity index (χ0) is 21.3. The first kappa shape index (κ1) is 21.9. The van der Waals surface area contributed by atoms with Crippen molar-refractivity contribution in [2.75, 3.05) is 6.61 Å². The Bertz CT molecular complexity index is 816. The Morgan fingerprint density at radius 1 is 1.13 bits per heavy atom. The van der Waals surface area contributed by atoms with Crippen LogP contribution in [0.3, 0.4) is 0 Å². The van der Waals surface area contributed by atoms with Crippen LogP contribution in [0.15, 0.2) is 54.7 Å². The fourth-order valence-electron chi connectivity index (χ4n) is 3.70. The van der Waals surface area contributed by atoms with Gasteiger partial charge in [-0.15, -0.1) is 0 Å². The summed E-state index contributed by atoms with van der Waals surface area (Å²) in [5.41, 5.74) is 1.73. The molecule has 3 N–H and O–H groups in total. The zero-order valence-electron chi connectivity index (χ0n) is 17.2. The summed E-state index contributed by atoms with van der Waals surface area (Å²) in [6, 6.07) is 14.8. The number of aromatic nitrogens is 1. The van der Waals surface area contributed by atoms with E-state index in [0.29, 0.717) is 18.5 Å². The van der Waals surface area contributed by atoms with Gasteiger partial charge in [0.05, 0.1) is 37.6 Å². The predicted molar refractivity (Wildman–Crippen MR) is 112 cm³/mol. The molecule has 0 spiro atoms. The van der Waals surface area contributed by atoms with Gasteiger partial charge in [0.1, 0.15) is 6.10 Å². The van der Waals surface area contributed by atoms with Gasteiger partial charge in [0.15, 0.2) is 0 Å². The molecule has 0 bridgehead atoms. The molecule has 4 atom stereocenters. The van der Waals surface area contributed by atoms with Crippen molar-refractivity contribution in [1.82, 2.24) is 15.6 Å². The van der Waals surface area contributed by atoms with Gasteiger partial charge in [-0.05, 0) is 37.5 Å². The van der Waals surface area contributed by atoms with Gasteiger partial charge in [-0.2, -0.15) is 0 Å². The van der Waals surface area contributed by atoms with Crippen molar-refractivity contribution >= 4 is 11.8 Å². The van der Waals surface area contributed by atoms with E-state index in [1.165, 1.54) is 0 Å². The van der Waals surface area contributed by atoms with Gasteiger partial charge in [-0.3, -0.25) is 14.6 Å². The maximum absolute atomic E-state index is 12.4. The fraction of sp³-hybridized carbons (Fsp3) is 0.435. The summed E-state index contributed by atoms with van der Waals surface area (Å²) >= 11 is 0. The van der Waals surface area contributed by atoms with Gasteiger partial charge in [0.25, 0.3) is 0 Å². The standard InChI is InChI=1S/C23H29N3O4/c1-16(17-7-3-2-4-8-17)25-23(29)14-19-10-11-20(21(15-27)30-19)26-22(28)13-18-9-5-6-12-24-18/h2-9,12,16,19-21,27H,10-11,13-15H2,1H3,(H,25,29)(H,26,28)/t16-,19-,20-,21+/m0/s1. The lowest BCUT2D eigenvalue weighted by atomic mass is 9.96. The van der Waals surface area contributed by atoms with Crippen LogP contribution in [0.1, 0.15) is 43.5 Å². The van der Waals surface area contributed by atoms with Crippen molar-refractivity contribution in [1.29, 1.82) is 0 Å². The van der Waals surface area contributed by atoms with Gasteiger partial charge in [0, 0.05) is 11.9 Å². The molecule has 7 heteroatoms. The summed E-state index contributed by atoms with van der Waals surface area (Å²) in [4.78, 5) is 28.9. The largest absolute Gasteiger partial charge is 0.394 e. The molecular formula is C23H29N3O4. The van der Waals surface area contributed by atoms with E-state index in [9.17, 15) is 14.7 Å². The van der Waals surface area contributed by atoms with E-state index in [-0.39, 0.29) is 49.5 Å². The first-order valence-electron chi connectivity index (χ1n) is 10.3. The molecule has 1 aromatic heterocycles. The van der Waals surface area contributed by atoms with Gasteiger partial charge < -0.3 is 20.5 Å². The summed E-state index contributed by atoms with van der Waals surface area (Å²) in [5.74, 6) is -0.251. The first-order valence-corrected chi connectivity index (χ1v) is 10.3. The molecule has 160 valence electrons. The summed E-state index contributed by atoms with van der Waals surface area (Å²) in [6.07, 6.45) is 2.52. The monoisotopic (exact) mass is 411 g/mol. The van der Waals surface area contributed by atoms with Crippen LogP contribution in [0.4, 0.5) is 0 Å². The lowest BCUT2D eigenvalue weighted by Crippen LogP contribution is -2.51. The molecule has 1 aromatic carbocycles. The van der Waals surface area contributed by atoms with E-state index in [1.54, 1.807) is 18.3 Å². The maximum Gasteiger partial charge on any atom is 0.226 e. The van der Waals surface area contributed by atoms with Crippen LogP contribution in [-0.2, 0) is 20.7 Å². The average Bonchev–Trinajstić information content (AvgIpc) is 2.76. The fourth-order valence-corrected chi connectivity index (χ4v) is 3.70. The number of carbonyl (C=O) groups is 2. The number of pyridine rings is 1. The summed E-state index contributed by atoms with van der Waals surface area (Å²) in [6.45, 7) is 1.73. The second-order valence-corrected chi connectivity index (χ2v) is 7.63. The van der Waals surface area contributed by atoms with E-state index in [1.807, 2.05) is 43.3 Å². The molecule has 0 unspecified atom stereocenters. The number of carbonyl (C=O) groups excluding carboxylic acids is 2. The molecule has 30 heavy (non-hydrogen) atoms. The van der Waals surface area contributed by atoms with Crippen LogP contribution in [-0.4, -0.2) is 46.8 Å². The highest BCUT2D eigenvalue weighted by Gasteiger charge is 2.33. The van der Waals surface area contributed by atoms with E-state index in [4.69, 9.17) is 4.74 Å². The molecule has 1 aliphatic rings. The van der Waals surface area contributed by atoms with Crippen molar-refractivity contribution < 1.29 is 19.4 Å². The molecule has 2 amide bonds. The second-order valence-electron chi connectivity index (χ2n) is 7.63. The van der Waals surface area contributed by atoms with Crippen molar-refractivity contribution in [2.45, 2.75) is 56.9 Å². The minimum absolute atomic E-state index is 0.0884. The Kier molecular flexibility index (Phi) is 7.93. The van der Waals surface area contributed by atoms with Crippen molar-refractivity contribution in [3.05, 3.63) is 66.0 Å². The van der Waals surface area contributed by atoms with Crippen LogP contribution in [0.25, 0.3) is 0 Å². The molecule has 1 saturated heterocycles. The minimum Gasteiger partial charge on any atom is -0.394 e. The van der Waals surface area contributed by atoms with Crippen LogP contribution in [0.5, 0.6) is 0 Å². The van der Waals surface area contributed by atoms with Crippen molar-refractivity contribution in [3.63, 3.8) is 0 Å². The lowest BCUT2D eigenvalue weighted by Gasteiger charge is -2.36. The van der Waals surface area contributed by atoms with E-state index in [0.717, 1.165) is 5.56 Å². The van der Waals surface area contributed by atoms with Gasteiger partial charge in [-0.1, -0.05) is 36.4 Å². The van der Waals surface area contributed by atoms with E-state index < -0.39 is 6.10 Å². The quantitative estimate of drug-likeness (QED) is 0.616. The molecule has 0 aliphatic carbocycles. The normalized spacial score (nSPS) is 22.1. The van der Waals surface area contributed by atoms with Gasteiger partial charge >= 0.3 is 0 Å². The highest BCUT2D eigenvalue weighted by Crippen LogP contribution is 2.22. The molecule has 2 heterocycles. The molecule has 2 aromatic rings. The Morgan fingerprint density at radius 3 is 2.60 bits per heavy atom. The number of hydrogen-bond acceptors (Lipinski definition) is 5. The predicted octanol–water partition coefficient (Wildman–Crippen LogP) is 1.92. The number of aliphatic hydroxyl groups excluding tert-OH is 1. The molecule has 3 rings (SSSR count). The van der Waals surface area contributed by atoms with Crippen LogP contribution in [0, 0.1) is 0 Å². The number of hydrogen-bond donors (Lipinski definition) is 3. The topological polar surface area (TPSA) is 101 Å². The summed E-state index contributed by atoms with van der Waals surface area (Å²) in [5, 5.41) is 15.6. The Hall–Kier alpha value is -2.77. The third kappa shape index (κ3) is 6.37. The van der Waals surface area contributed by atoms with Gasteiger partial charge in [-0.25, -0.2) is 0 Å². The Balaban J connectivity index is 1.46. The highest BCUT2D eigenvalue weighted by atomic mass is 16.5. The molecule has 0 saturated carbocycles. The number of amides is 2. The number of rotatable bonds is 8. The number of ether oxygens (including phenoxy) is 1. The Morgan fingerprint density at radius 2 is 1.90 bits per heavy atom. The maximum atomic E-state index is 12.4. The molecule has 1 aliphatic heterocycles. The number of nitrogens with zero attached hydrogens (tertiary/aromatic N) is 1. The van der Waals surface area contributed by atoms with E-state index in [2.05, 4.69) is 15.6 Å². The van der Waals surface area contributed by atoms with Crippen LogP contribution < -0.4 is 10.6 Å². The number of nitrogens with one attached hydrogen (secondary N) is 2. The van der Waals surface area contributed by atoms with E-state index >= 15 is 0 Å². The number of benzene rings is 1. The molecular weight excluding hydrogens is 382 g/mol. The van der Waals surface area contributed by atoms with Crippen LogP contribution >= 0.6 is 0 Å². The third-order valence-corrected chi connectivity index (χ3v) is 5.30. The smallest absolute Gasteiger partial charge is 0.226 e.